The zero-order valence-corrected chi connectivity index (χ0v) is 14.2. The summed E-state index contributed by atoms with van der Waals surface area (Å²) in [4.78, 5) is 14.4. The minimum Gasteiger partial charge on any atom is -0.459 e. The second-order valence-corrected chi connectivity index (χ2v) is 6.38. The van der Waals surface area contributed by atoms with Crippen molar-refractivity contribution in [2.75, 3.05) is 13.1 Å². The van der Waals surface area contributed by atoms with Gasteiger partial charge in [-0.25, -0.2) is 0 Å². The fourth-order valence-corrected chi connectivity index (χ4v) is 3.21. The lowest BCUT2D eigenvalue weighted by molar-refractivity contribution is -0.0705. The number of hydrogen-bond donors (Lipinski definition) is 1. The first-order valence-corrected chi connectivity index (χ1v) is 8.38. The molecule has 1 N–H and O–H groups in total. The summed E-state index contributed by atoms with van der Waals surface area (Å²) < 4.78 is 10.9. The summed E-state index contributed by atoms with van der Waals surface area (Å²) in [6.07, 6.45) is 2.00. The van der Waals surface area contributed by atoms with Crippen molar-refractivity contribution in [2.24, 2.45) is 0 Å². The number of carbonyl (C=O) groups excluding carboxylic acids is 1. The van der Waals surface area contributed by atoms with E-state index in [0.29, 0.717) is 12.3 Å². The molecule has 1 saturated heterocycles. The van der Waals surface area contributed by atoms with Gasteiger partial charge in [0.25, 0.3) is 5.91 Å². The Morgan fingerprint density at radius 1 is 1.12 bits per heavy atom. The van der Waals surface area contributed by atoms with E-state index in [2.05, 4.69) is 36.2 Å². The second kappa shape index (κ2) is 7.64. The average molecular weight is 328 g/mol. The number of hydrogen-bond acceptors (Lipinski definition) is 4. The van der Waals surface area contributed by atoms with E-state index in [9.17, 15) is 4.79 Å². The first kappa shape index (κ1) is 16.7. The van der Waals surface area contributed by atoms with Crippen molar-refractivity contribution >= 4 is 5.91 Å². The molecule has 1 amide bonds. The van der Waals surface area contributed by atoms with Gasteiger partial charge in [-0.05, 0) is 37.1 Å². The zero-order valence-electron chi connectivity index (χ0n) is 14.2. The Kier molecular flexibility index (Phi) is 5.33. The number of furan rings is 1. The molecule has 3 rings (SSSR count). The molecule has 0 unspecified atom stereocenters. The van der Waals surface area contributed by atoms with Crippen LogP contribution in [0, 0.1) is 0 Å². The van der Waals surface area contributed by atoms with Crippen LogP contribution in [0.5, 0.6) is 0 Å². The minimum atomic E-state index is -0.191. The van der Waals surface area contributed by atoms with E-state index >= 15 is 0 Å². The maximum absolute atomic E-state index is 12.0. The topological polar surface area (TPSA) is 54.7 Å². The molecule has 2 heterocycles. The summed E-state index contributed by atoms with van der Waals surface area (Å²) >= 11 is 0. The Bertz CT molecular complexity index is 659. The molecule has 0 spiro atoms. The molecule has 1 fully saturated rings. The van der Waals surface area contributed by atoms with E-state index in [0.717, 1.165) is 25.2 Å². The third-order valence-electron chi connectivity index (χ3n) is 4.19. The molecular formula is C19H24N2O3. The lowest BCUT2D eigenvalue weighted by Gasteiger charge is -2.35. The third-order valence-corrected chi connectivity index (χ3v) is 4.19. The fraction of sp³-hybridized carbons (Fsp3) is 0.421. The number of nitrogens with one attached hydrogen (secondary N) is 1. The van der Waals surface area contributed by atoms with Gasteiger partial charge in [-0.2, -0.15) is 0 Å². The minimum absolute atomic E-state index is 0.191. The molecule has 0 saturated carbocycles. The largest absolute Gasteiger partial charge is 0.459 e. The van der Waals surface area contributed by atoms with Gasteiger partial charge in [0.1, 0.15) is 0 Å². The average Bonchev–Trinajstić information content (AvgIpc) is 3.07. The molecular weight excluding hydrogens is 304 g/mol. The summed E-state index contributed by atoms with van der Waals surface area (Å²) in [5, 5.41) is 2.92. The number of benzene rings is 1. The lowest BCUT2D eigenvalue weighted by Crippen LogP contribution is -2.45. The number of ether oxygens (including phenoxy) is 1. The van der Waals surface area contributed by atoms with Gasteiger partial charge in [0.15, 0.2) is 5.76 Å². The molecule has 1 aliphatic heterocycles. The Labute approximate surface area is 142 Å². The molecule has 0 bridgehead atoms. The number of amides is 1. The maximum Gasteiger partial charge on any atom is 0.287 e. The Balaban J connectivity index is 1.63. The van der Waals surface area contributed by atoms with Crippen molar-refractivity contribution in [3.63, 3.8) is 0 Å². The summed E-state index contributed by atoms with van der Waals surface area (Å²) in [5.41, 5.74) is 2.36. The Hall–Kier alpha value is -2.11. The smallest absolute Gasteiger partial charge is 0.287 e. The zero-order chi connectivity index (χ0) is 16.9. The molecule has 1 aliphatic rings. The molecule has 0 radical (unpaired) electrons. The van der Waals surface area contributed by atoms with Gasteiger partial charge in [-0.1, -0.05) is 24.3 Å². The van der Waals surface area contributed by atoms with Crippen LogP contribution in [-0.4, -0.2) is 36.1 Å². The molecule has 0 aliphatic carbocycles. The molecule has 5 heteroatoms. The van der Waals surface area contributed by atoms with Crippen molar-refractivity contribution in [3.05, 3.63) is 59.5 Å². The SMILES string of the molecule is C[C@H]1CN(Cc2ccccc2CNC(=O)c2ccco2)C[C@H](C)O1. The standard InChI is InChI=1S/C19H24N2O3/c1-14-11-21(12-15(2)24-14)13-17-7-4-3-6-16(17)10-20-19(22)18-8-5-9-23-18/h3-9,14-15H,10-13H2,1-2H3,(H,20,22)/t14-,15-/m0/s1. The van der Waals surface area contributed by atoms with Gasteiger partial charge in [-0.15, -0.1) is 0 Å². The number of morpholine rings is 1. The third kappa shape index (κ3) is 4.24. The number of rotatable bonds is 5. The van der Waals surface area contributed by atoms with Gasteiger partial charge in [0.2, 0.25) is 0 Å². The first-order chi connectivity index (χ1) is 11.6. The van der Waals surface area contributed by atoms with Crippen molar-refractivity contribution in [2.45, 2.75) is 39.1 Å². The molecule has 5 nitrogen and oxygen atoms in total. The molecule has 2 atom stereocenters. The summed E-state index contributed by atoms with van der Waals surface area (Å²) in [6.45, 7) is 7.43. The highest BCUT2D eigenvalue weighted by molar-refractivity contribution is 5.91. The highest BCUT2D eigenvalue weighted by Gasteiger charge is 2.22. The second-order valence-electron chi connectivity index (χ2n) is 6.38. The summed E-state index contributed by atoms with van der Waals surface area (Å²) in [6, 6.07) is 11.6. The van der Waals surface area contributed by atoms with Crippen LogP contribution in [0.3, 0.4) is 0 Å². The van der Waals surface area contributed by atoms with Crippen molar-refractivity contribution in [3.8, 4) is 0 Å². The van der Waals surface area contributed by atoms with Crippen LogP contribution in [-0.2, 0) is 17.8 Å². The molecule has 128 valence electrons. The van der Waals surface area contributed by atoms with Crippen LogP contribution in [0.2, 0.25) is 0 Å². The quantitative estimate of drug-likeness (QED) is 0.917. The number of carbonyl (C=O) groups is 1. The Morgan fingerprint density at radius 2 is 1.83 bits per heavy atom. The van der Waals surface area contributed by atoms with Crippen LogP contribution in [0.1, 0.15) is 35.5 Å². The van der Waals surface area contributed by atoms with Crippen LogP contribution >= 0.6 is 0 Å². The predicted octanol–water partition coefficient (Wildman–Crippen LogP) is 2.82. The Morgan fingerprint density at radius 3 is 2.50 bits per heavy atom. The maximum atomic E-state index is 12.0. The van der Waals surface area contributed by atoms with Crippen molar-refractivity contribution in [1.29, 1.82) is 0 Å². The molecule has 1 aromatic heterocycles. The fourth-order valence-electron chi connectivity index (χ4n) is 3.21. The van der Waals surface area contributed by atoms with E-state index in [1.807, 2.05) is 12.1 Å². The molecule has 24 heavy (non-hydrogen) atoms. The summed E-state index contributed by atoms with van der Waals surface area (Å²) in [7, 11) is 0. The van der Waals surface area contributed by atoms with Gasteiger partial charge < -0.3 is 14.5 Å². The van der Waals surface area contributed by atoms with Crippen molar-refractivity contribution in [1.82, 2.24) is 10.2 Å². The summed E-state index contributed by atoms with van der Waals surface area (Å²) in [5.74, 6) is 0.145. The predicted molar refractivity (Wildman–Crippen MR) is 91.6 cm³/mol. The van der Waals surface area contributed by atoms with Gasteiger partial charge in [0, 0.05) is 26.2 Å². The van der Waals surface area contributed by atoms with E-state index in [1.54, 1.807) is 12.1 Å². The van der Waals surface area contributed by atoms with E-state index in [-0.39, 0.29) is 18.1 Å². The monoisotopic (exact) mass is 328 g/mol. The van der Waals surface area contributed by atoms with Gasteiger partial charge >= 0.3 is 0 Å². The first-order valence-electron chi connectivity index (χ1n) is 8.38. The van der Waals surface area contributed by atoms with E-state index in [4.69, 9.17) is 9.15 Å². The molecule has 2 aromatic rings. The normalized spacial score (nSPS) is 21.6. The van der Waals surface area contributed by atoms with Crippen LogP contribution in [0.15, 0.2) is 47.1 Å². The van der Waals surface area contributed by atoms with Crippen LogP contribution in [0.25, 0.3) is 0 Å². The van der Waals surface area contributed by atoms with Crippen LogP contribution < -0.4 is 5.32 Å². The van der Waals surface area contributed by atoms with E-state index in [1.165, 1.54) is 11.8 Å². The lowest BCUT2D eigenvalue weighted by atomic mass is 10.1. The van der Waals surface area contributed by atoms with Gasteiger partial charge in [-0.3, -0.25) is 9.69 Å². The highest BCUT2D eigenvalue weighted by Crippen LogP contribution is 2.17. The highest BCUT2D eigenvalue weighted by atomic mass is 16.5. The van der Waals surface area contributed by atoms with E-state index < -0.39 is 0 Å². The van der Waals surface area contributed by atoms with Crippen LogP contribution in [0.4, 0.5) is 0 Å². The van der Waals surface area contributed by atoms with Gasteiger partial charge in [0.05, 0.1) is 18.5 Å². The molecule has 1 aromatic carbocycles. The number of nitrogens with zero attached hydrogens (tertiary/aromatic N) is 1. The van der Waals surface area contributed by atoms with Crippen molar-refractivity contribution < 1.29 is 13.9 Å².